The van der Waals surface area contributed by atoms with E-state index in [-0.39, 0.29) is 5.91 Å². The van der Waals surface area contributed by atoms with Crippen LogP contribution in [0.4, 0.5) is 0 Å². The first-order valence-electron chi connectivity index (χ1n) is 3.20. The van der Waals surface area contributed by atoms with Crippen molar-refractivity contribution in [1.82, 2.24) is 0 Å². The predicted molar refractivity (Wildman–Crippen MR) is 52.2 cm³/mol. The highest BCUT2D eigenvalue weighted by molar-refractivity contribution is 8.39. The molecule has 0 fully saturated rings. The third-order valence-electron chi connectivity index (χ3n) is 0.977. The molecular formula is C7H9NOS2. The minimum atomic E-state index is -0.0146. The number of rotatable bonds is 2. The van der Waals surface area contributed by atoms with Crippen LogP contribution in [0.1, 0.15) is 6.92 Å². The second-order valence-electron chi connectivity index (χ2n) is 2.31. The van der Waals surface area contributed by atoms with Gasteiger partial charge in [-0.2, -0.15) is 4.99 Å². The zero-order chi connectivity index (χ0) is 8.27. The number of nitrogens with zero attached hydrogens (tertiary/aromatic N) is 1. The molecular weight excluding hydrogens is 178 g/mol. The third-order valence-corrected chi connectivity index (χ3v) is 3.39. The molecule has 0 aromatic carbocycles. The van der Waals surface area contributed by atoms with Crippen LogP contribution in [0.3, 0.4) is 0 Å². The lowest BCUT2D eigenvalue weighted by atomic mass is 10.4. The minimum absolute atomic E-state index is 0.0146. The van der Waals surface area contributed by atoms with Gasteiger partial charge in [-0.25, -0.2) is 0 Å². The molecule has 2 nitrogen and oxygen atoms in total. The molecule has 0 aromatic rings. The van der Waals surface area contributed by atoms with Crippen molar-refractivity contribution in [1.29, 1.82) is 0 Å². The van der Waals surface area contributed by atoms with E-state index in [1.807, 2.05) is 6.92 Å². The minimum Gasteiger partial charge on any atom is -0.272 e. The maximum atomic E-state index is 10.7. The molecule has 0 aromatic heterocycles. The van der Waals surface area contributed by atoms with Crippen molar-refractivity contribution in [3.8, 4) is 0 Å². The highest BCUT2D eigenvalue weighted by Gasteiger charge is 2.14. The third kappa shape index (κ3) is 3.12. The van der Waals surface area contributed by atoms with E-state index >= 15 is 0 Å². The topological polar surface area (TPSA) is 29.4 Å². The van der Waals surface area contributed by atoms with Crippen molar-refractivity contribution in [3.63, 3.8) is 0 Å². The van der Waals surface area contributed by atoms with Gasteiger partial charge in [0.15, 0.2) is 0 Å². The van der Waals surface area contributed by atoms with Crippen molar-refractivity contribution in [2.24, 2.45) is 4.99 Å². The Labute approximate surface area is 74.5 Å². The summed E-state index contributed by atoms with van der Waals surface area (Å²) in [7, 11) is 0. The van der Waals surface area contributed by atoms with Gasteiger partial charge in [0.2, 0.25) is 0 Å². The van der Waals surface area contributed by atoms with Gasteiger partial charge < -0.3 is 0 Å². The van der Waals surface area contributed by atoms with Crippen LogP contribution in [-0.2, 0) is 4.79 Å². The Kier molecular flexibility index (Phi) is 3.20. The van der Waals surface area contributed by atoms with Crippen LogP contribution in [-0.4, -0.2) is 21.8 Å². The van der Waals surface area contributed by atoms with E-state index in [0.717, 1.165) is 15.7 Å². The molecule has 0 saturated heterocycles. The summed E-state index contributed by atoms with van der Waals surface area (Å²) in [4.78, 5) is 14.5. The summed E-state index contributed by atoms with van der Waals surface area (Å²) in [5.41, 5.74) is 1.11. The van der Waals surface area contributed by atoms with Gasteiger partial charge >= 0.3 is 0 Å². The highest BCUT2D eigenvalue weighted by Crippen LogP contribution is 2.23. The van der Waals surface area contributed by atoms with Crippen LogP contribution in [0.15, 0.2) is 17.1 Å². The molecule has 1 rings (SSSR count). The van der Waals surface area contributed by atoms with Crippen molar-refractivity contribution >= 4 is 33.8 Å². The molecule has 60 valence electrons. The van der Waals surface area contributed by atoms with Gasteiger partial charge in [-0.15, -0.1) is 0 Å². The average molecular weight is 187 g/mol. The van der Waals surface area contributed by atoms with Crippen molar-refractivity contribution < 1.29 is 4.79 Å². The first kappa shape index (κ1) is 8.87. The molecule has 11 heavy (non-hydrogen) atoms. The van der Waals surface area contributed by atoms with Gasteiger partial charge in [-0.05, 0) is 6.92 Å². The second-order valence-corrected chi connectivity index (χ2v) is 4.49. The Bertz CT molecular complexity index is 222. The van der Waals surface area contributed by atoms with Crippen LogP contribution in [0.2, 0.25) is 0 Å². The Hall–Kier alpha value is -0.220. The first-order chi connectivity index (χ1) is 5.18. The molecule has 0 bridgehead atoms. The molecule has 0 atom stereocenters. The largest absolute Gasteiger partial charge is 0.272 e. The lowest BCUT2D eigenvalue weighted by molar-refractivity contribution is -0.115. The molecule has 1 amide bonds. The maximum absolute atomic E-state index is 10.7. The van der Waals surface area contributed by atoms with Gasteiger partial charge in [0, 0.05) is 5.75 Å². The van der Waals surface area contributed by atoms with Gasteiger partial charge in [-0.1, -0.05) is 35.7 Å². The zero-order valence-corrected chi connectivity index (χ0v) is 7.93. The fourth-order valence-corrected chi connectivity index (χ4v) is 2.25. The fraction of sp³-hybridized carbons (Fsp3) is 0.429. The van der Waals surface area contributed by atoms with E-state index in [0.29, 0.717) is 5.75 Å². The lowest BCUT2D eigenvalue weighted by Gasteiger charge is -1.96. The average Bonchev–Trinajstić information content (AvgIpc) is 2.31. The van der Waals surface area contributed by atoms with Crippen molar-refractivity contribution in [2.75, 3.05) is 11.5 Å². The number of carbonyl (C=O) groups excluding carboxylic acids is 1. The second kappa shape index (κ2) is 3.97. The number of carbonyl (C=O) groups is 1. The van der Waals surface area contributed by atoms with Gasteiger partial charge in [-0.3, -0.25) is 4.79 Å². The van der Waals surface area contributed by atoms with E-state index < -0.39 is 0 Å². The van der Waals surface area contributed by atoms with Crippen LogP contribution >= 0.6 is 23.5 Å². The monoisotopic (exact) mass is 187 g/mol. The molecule has 1 aliphatic rings. The molecule has 1 aliphatic heterocycles. The molecule has 0 unspecified atom stereocenters. The normalized spacial score (nSPS) is 16.8. The van der Waals surface area contributed by atoms with Crippen LogP contribution < -0.4 is 0 Å². The summed E-state index contributed by atoms with van der Waals surface area (Å²) >= 11 is 3.10. The molecule has 0 aliphatic carbocycles. The summed E-state index contributed by atoms with van der Waals surface area (Å²) in [6, 6.07) is 0. The van der Waals surface area contributed by atoms with E-state index in [9.17, 15) is 4.79 Å². The molecule has 0 spiro atoms. The summed E-state index contributed by atoms with van der Waals surface area (Å²) in [5.74, 6) is 1.36. The number of thioether (sulfide) groups is 2. The van der Waals surface area contributed by atoms with Crippen LogP contribution in [0, 0.1) is 0 Å². The van der Waals surface area contributed by atoms with Gasteiger partial charge in [0.25, 0.3) is 5.91 Å². The predicted octanol–water partition coefficient (Wildman–Crippen LogP) is 1.93. The maximum Gasteiger partial charge on any atom is 0.257 e. The lowest BCUT2D eigenvalue weighted by Crippen LogP contribution is -1.86. The SMILES string of the molecule is C=C(C)CSC1=NC(=O)CS1. The Balaban J connectivity index is 2.33. The van der Waals surface area contributed by atoms with E-state index in [4.69, 9.17) is 0 Å². The highest BCUT2D eigenvalue weighted by atomic mass is 32.2. The molecule has 0 radical (unpaired) electrons. The van der Waals surface area contributed by atoms with Crippen molar-refractivity contribution in [3.05, 3.63) is 12.2 Å². The summed E-state index contributed by atoms with van der Waals surface area (Å²) in [6.07, 6.45) is 0. The molecule has 1 heterocycles. The Morgan fingerprint density at radius 1 is 1.91 bits per heavy atom. The Morgan fingerprint density at radius 3 is 3.09 bits per heavy atom. The number of hydrogen-bond acceptors (Lipinski definition) is 3. The van der Waals surface area contributed by atoms with E-state index in [1.54, 1.807) is 11.8 Å². The molecule has 0 N–H and O–H groups in total. The van der Waals surface area contributed by atoms with Crippen molar-refractivity contribution in [2.45, 2.75) is 6.92 Å². The quantitative estimate of drug-likeness (QED) is 0.619. The standard InChI is InChI=1S/C7H9NOS2/c1-5(2)3-10-7-8-6(9)4-11-7/h1,3-4H2,2H3. The summed E-state index contributed by atoms with van der Waals surface area (Å²) in [5, 5.41) is 0. The van der Waals surface area contributed by atoms with E-state index in [2.05, 4.69) is 11.6 Å². The number of amides is 1. The number of aliphatic imine (C=N–C) groups is 1. The summed E-state index contributed by atoms with van der Waals surface area (Å²) in [6.45, 7) is 5.73. The first-order valence-corrected chi connectivity index (χ1v) is 5.17. The molecule has 0 saturated carbocycles. The van der Waals surface area contributed by atoms with Gasteiger partial charge in [0.1, 0.15) is 4.38 Å². The Morgan fingerprint density at radius 2 is 2.64 bits per heavy atom. The van der Waals surface area contributed by atoms with Gasteiger partial charge in [0.05, 0.1) is 5.75 Å². The molecule has 4 heteroatoms. The summed E-state index contributed by atoms with van der Waals surface area (Å²) < 4.78 is 0.887. The number of hydrogen-bond donors (Lipinski definition) is 0. The van der Waals surface area contributed by atoms with Crippen LogP contribution in [0.5, 0.6) is 0 Å². The van der Waals surface area contributed by atoms with E-state index in [1.165, 1.54) is 11.8 Å². The smallest absolute Gasteiger partial charge is 0.257 e. The fourth-order valence-electron chi connectivity index (χ4n) is 0.549. The zero-order valence-electron chi connectivity index (χ0n) is 6.29. The van der Waals surface area contributed by atoms with Crippen LogP contribution in [0.25, 0.3) is 0 Å².